The van der Waals surface area contributed by atoms with Crippen LogP contribution in [-0.4, -0.2) is 76.6 Å². The van der Waals surface area contributed by atoms with Crippen LogP contribution in [0.1, 0.15) is 40.5 Å². The molecule has 1 heterocycles. The van der Waals surface area contributed by atoms with Crippen LogP contribution in [0.4, 0.5) is 0 Å². The number of rotatable bonds is 10. The molecule has 0 amide bonds. The molecule has 2 rings (SSSR count). The lowest BCUT2D eigenvalue weighted by atomic mass is 9.83. The maximum Gasteiger partial charge on any atom is 0.268 e. The molecular formula is C17H30B2O8P-. The van der Waals surface area contributed by atoms with E-state index in [2.05, 4.69) is 0 Å². The van der Waals surface area contributed by atoms with E-state index >= 15 is 0 Å². The summed E-state index contributed by atoms with van der Waals surface area (Å²) in [5, 5.41) is 10.2. The molecule has 8 unspecified atom stereocenters. The normalized spacial score (nSPS) is 38.4. The number of hydrogen-bond acceptors (Lipinski definition) is 8. The Balaban J connectivity index is 1.91. The van der Waals surface area contributed by atoms with Gasteiger partial charge in [0.2, 0.25) is 0 Å². The van der Waals surface area contributed by atoms with Crippen LogP contribution in [0.25, 0.3) is 0 Å². The van der Waals surface area contributed by atoms with Gasteiger partial charge in [-0.2, -0.15) is 0 Å². The van der Waals surface area contributed by atoms with E-state index in [9.17, 15) is 14.6 Å². The molecule has 4 radical (unpaired) electrons. The summed E-state index contributed by atoms with van der Waals surface area (Å²) >= 11 is 0. The van der Waals surface area contributed by atoms with Gasteiger partial charge in [0.25, 0.3) is 7.82 Å². The van der Waals surface area contributed by atoms with Crippen molar-refractivity contribution in [2.75, 3.05) is 13.2 Å². The smallest absolute Gasteiger partial charge is 0.268 e. The second kappa shape index (κ2) is 10.4. The first-order chi connectivity index (χ1) is 13.0. The van der Waals surface area contributed by atoms with Crippen molar-refractivity contribution < 1.29 is 37.8 Å². The van der Waals surface area contributed by atoms with Gasteiger partial charge in [0.05, 0.1) is 51.6 Å². The molecule has 2 aliphatic rings. The lowest BCUT2D eigenvalue weighted by Gasteiger charge is -2.31. The van der Waals surface area contributed by atoms with Crippen LogP contribution in [0.5, 0.6) is 0 Å². The summed E-state index contributed by atoms with van der Waals surface area (Å²) in [5.74, 6) is -1.15. The van der Waals surface area contributed by atoms with Crippen molar-refractivity contribution in [3.05, 3.63) is 0 Å². The topological polar surface area (TPSA) is 107 Å². The summed E-state index contributed by atoms with van der Waals surface area (Å²) in [5.41, 5.74) is 0. The standard InChI is InChI=1S/C17H31B2O8P/c1-9(2)23-7-11-13(5-12(18)17(11)20)27-28(21,22)24-8-15-14(25-10(3)4)6-16(19)26-15/h9-17,20H,5-8H2,1-4H3,(H,21,22)/p-1. The third-order valence-electron chi connectivity index (χ3n) is 4.82. The van der Waals surface area contributed by atoms with Gasteiger partial charge in [-0.15, -0.1) is 0 Å². The summed E-state index contributed by atoms with van der Waals surface area (Å²) in [7, 11) is 6.99. The van der Waals surface area contributed by atoms with Gasteiger partial charge in [-0.3, -0.25) is 4.57 Å². The number of phosphoric ester groups is 1. The molecule has 0 spiro atoms. The second-order valence-electron chi connectivity index (χ2n) is 7.99. The Morgan fingerprint density at radius 3 is 2.43 bits per heavy atom. The van der Waals surface area contributed by atoms with Crippen LogP contribution in [0, 0.1) is 5.92 Å². The molecule has 1 aliphatic heterocycles. The third kappa shape index (κ3) is 7.10. The molecule has 2 fully saturated rings. The Labute approximate surface area is 170 Å². The number of phosphoric acid groups is 1. The average molecular weight is 415 g/mol. The van der Waals surface area contributed by atoms with Crippen molar-refractivity contribution in [3.8, 4) is 0 Å². The van der Waals surface area contributed by atoms with E-state index in [4.69, 9.17) is 39.0 Å². The zero-order valence-electron chi connectivity index (χ0n) is 16.9. The summed E-state index contributed by atoms with van der Waals surface area (Å²) < 4.78 is 39.3. The molecule has 1 saturated carbocycles. The Bertz CT molecular complexity index is 537. The van der Waals surface area contributed by atoms with E-state index in [1.807, 2.05) is 27.7 Å². The minimum atomic E-state index is -4.66. The fourth-order valence-electron chi connectivity index (χ4n) is 3.50. The Morgan fingerprint density at radius 1 is 1.14 bits per heavy atom. The quantitative estimate of drug-likeness (QED) is 0.411. The molecule has 0 bridgehead atoms. The van der Waals surface area contributed by atoms with Crippen LogP contribution in [0.2, 0.25) is 5.82 Å². The van der Waals surface area contributed by atoms with Crippen molar-refractivity contribution in [2.45, 2.75) is 89.0 Å². The zero-order valence-corrected chi connectivity index (χ0v) is 17.8. The minimum absolute atomic E-state index is 0.0557. The molecule has 28 heavy (non-hydrogen) atoms. The van der Waals surface area contributed by atoms with E-state index in [0.717, 1.165) is 0 Å². The van der Waals surface area contributed by atoms with Crippen LogP contribution in [0.15, 0.2) is 0 Å². The Hall–Kier alpha value is 0.0799. The predicted octanol–water partition coefficient (Wildman–Crippen LogP) is 0.696. The molecule has 1 aliphatic carbocycles. The SMILES string of the molecule is [B]C1CC(OC(C)C)C(COP(=O)([O-])OC2CC([B])C(O)C2COC(C)C)O1. The first-order valence-electron chi connectivity index (χ1n) is 9.74. The van der Waals surface area contributed by atoms with Crippen LogP contribution in [0.3, 0.4) is 0 Å². The van der Waals surface area contributed by atoms with Crippen molar-refractivity contribution in [1.82, 2.24) is 0 Å². The van der Waals surface area contributed by atoms with Crippen molar-refractivity contribution >= 4 is 23.5 Å². The Morgan fingerprint density at radius 2 is 1.82 bits per heavy atom. The first-order valence-corrected chi connectivity index (χ1v) is 11.2. The average Bonchev–Trinajstić information content (AvgIpc) is 3.02. The van der Waals surface area contributed by atoms with Gasteiger partial charge in [0.1, 0.15) is 14.0 Å². The molecule has 0 aromatic carbocycles. The van der Waals surface area contributed by atoms with Gasteiger partial charge in [-0.25, -0.2) is 0 Å². The fourth-order valence-corrected chi connectivity index (χ4v) is 4.46. The summed E-state index contributed by atoms with van der Waals surface area (Å²) in [6, 6.07) is -0.537. The van der Waals surface area contributed by atoms with E-state index in [0.29, 0.717) is 6.42 Å². The highest BCUT2D eigenvalue weighted by Crippen LogP contribution is 2.47. The van der Waals surface area contributed by atoms with Gasteiger partial charge in [0.15, 0.2) is 0 Å². The monoisotopic (exact) mass is 415 g/mol. The van der Waals surface area contributed by atoms with E-state index in [1.165, 1.54) is 0 Å². The van der Waals surface area contributed by atoms with Crippen molar-refractivity contribution in [1.29, 1.82) is 0 Å². The van der Waals surface area contributed by atoms with Gasteiger partial charge >= 0.3 is 0 Å². The molecule has 0 aromatic rings. The van der Waals surface area contributed by atoms with E-state index < -0.39 is 43.9 Å². The van der Waals surface area contributed by atoms with Gasteiger partial charge in [0, 0.05) is 11.9 Å². The van der Waals surface area contributed by atoms with Crippen LogP contribution in [-0.2, 0) is 27.8 Å². The zero-order chi connectivity index (χ0) is 21.1. The lowest BCUT2D eigenvalue weighted by molar-refractivity contribution is -0.234. The molecule has 11 heteroatoms. The molecule has 8 nitrogen and oxygen atoms in total. The van der Waals surface area contributed by atoms with Gasteiger partial charge in [-0.05, 0) is 46.4 Å². The van der Waals surface area contributed by atoms with E-state index in [-0.39, 0.29) is 37.9 Å². The summed E-state index contributed by atoms with van der Waals surface area (Å²) in [4.78, 5) is 12.3. The first kappa shape index (κ1) is 24.4. The number of ether oxygens (including phenoxy) is 3. The van der Waals surface area contributed by atoms with Crippen molar-refractivity contribution in [3.63, 3.8) is 0 Å². The minimum Gasteiger partial charge on any atom is -0.756 e. The summed E-state index contributed by atoms with van der Waals surface area (Å²) in [6.45, 7) is 7.32. The third-order valence-corrected chi connectivity index (χ3v) is 5.81. The molecule has 0 aromatic heterocycles. The maximum atomic E-state index is 12.3. The highest BCUT2D eigenvalue weighted by Gasteiger charge is 2.43. The highest BCUT2D eigenvalue weighted by molar-refractivity contribution is 7.45. The number of aliphatic hydroxyl groups is 1. The fraction of sp³-hybridized carbons (Fsp3) is 1.00. The predicted molar refractivity (Wildman–Crippen MR) is 102 cm³/mol. The molecule has 8 atom stereocenters. The molecule has 1 N–H and O–H groups in total. The highest BCUT2D eigenvalue weighted by atomic mass is 31.2. The number of hydrogen-bond donors (Lipinski definition) is 1. The van der Waals surface area contributed by atoms with Crippen molar-refractivity contribution in [2.24, 2.45) is 5.92 Å². The number of aliphatic hydroxyl groups excluding tert-OH is 1. The summed E-state index contributed by atoms with van der Waals surface area (Å²) in [6.07, 6.45) is -2.18. The van der Waals surface area contributed by atoms with Gasteiger partial charge in [-0.1, -0.05) is 0 Å². The van der Waals surface area contributed by atoms with E-state index in [1.54, 1.807) is 0 Å². The van der Waals surface area contributed by atoms with Gasteiger partial charge < -0.3 is 33.3 Å². The largest absolute Gasteiger partial charge is 0.756 e. The van der Waals surface area contributed by atoms with Crippen LogP contribution >= 0.6 is 7.82 Å². The molecule has 158 valence electrons. The van der Waals surface area contributed by atoms with Crippen LogP contribution < -0.4 is 4.89 Å². The molecular weight excluding hydrogens is 385 g/mol. The Kier molecular flexibility index (Phi) is 9.05. The second-order valence-corrected chi connectivity index (χ2v) is 9.36. The maximum absolute atomic E-state index is 12.3. The lowest BCUT2D eigenvalue weighted by Crippen LogP contribution is -2.34. The molecule has 1 saturated heterocycles.